The van der Waals surface area contributed by atoms with E-state index in [1.54, 1.807) is 0 Å². The summed E-state index contributed by atoms with van der Waals surface area (Å²) in [6.45, 7) is 7.18. The van der Waals surface area contributed by atoms with Gasteiger partial charge in [0.05, 0.1) is 6.10 Å². The van der Waals surface area contributed by atoms with Gasteiger partial charge in [0.1, 0.15) is 0 Å². The van der Waals surface area contributed by atoms with Crippen LogP contribution in [0.4, 0.5) is 0 Å². The van der Waals surface area contributed by atoms with Gasteiger partial charge >= 0.3 is 0 Å². The molecule has 0 amide bonds. The molecule has 1 unspecified atom stereocenters. The van der Waals surface area contributed by atoms with Crippen LogP contribution in [0.1, 0.15) is 52.9 Å². The number of fused-ring (bicyclic) bond motifs is 5. The fourth-order valence-electron chi connectivity index (χ4n) is 5.15. The minimum Gasteiger partial charge on any atom is -0.392 e. The first-order valence-corrected chi connectivity index (χ1v) is 6.62. The first-order valence-electron chi connectivity index (χ1n) is 6.62. The molecule has 1 nitrogen and oxygen atoms in total. The van der Waals surface area contributed by atoms with E-state index in [1.807, 2.05) is 0 Å². The van der Waals surface area contributed by atoms with E-state index in [0.29, 0.717) is 11.3 Å². The molecule has 3 fully saturated rings. The Morgan fingerprint density at radius 2 is 1.80 bits per heavy atom. The third kappa shape index (κ3) is 1.19. The van der Waals surface area contributed by atoms with Gasteiger partial charge in [0.25, 0.3) is 0 Å². The topological polar surface area (TPSA) is 20.2 Å². The Bertz CT molecular complexity index is 283. The van der Waals surface area contributed by atoms with E-state index in [1.165, 1.54) is 32.1 Å². The van der Waals surface area contributed by atoms with Crippen molar-refractivity contribution < 1.29 is 5.11 Å². The highest BCUT2D eigenvalue weighted by Gasteiger charge is 2.62. The lowest BCUT2D eigenvalue weighted by Crippen LogP contribution is -2.38. The van der Waals surface area contributed by atoms with Crippen LogP contribution in [-0.2, 0) is 0 Å². The molecule has 0 saturated heterocycles. The summed E-state index contributed by atoms with van der Waals surface area (Å²) in [5.41, 5.74) is 0.799. The highest BCUT2D eigenvalue weighted by Crippen LogP contribution is 2.66. The number of aliphatic hydroxyl groups is 1. The Morgan fingerprint density at radius 1 is 1.07 bits per heavy atom. The number of hydrogen-bond acceptors (Lipinski definition) is 1. The van der Waals surface area contributed by atoms with Crippen LogP contribution in [0.25, 0.3) is 0 Å². The van der Waals surface area contributed by atoms with Crippen molar-refractivity contribution in [2.45, 2.75) is 59.0 Å². The Hall–Kier alpha value is -0.0400. The highest BCUT2D eigenvalue weighted by atomic mass is 16.3. The van der Waals surface area contributed by atoms with Crippen molar-refractivity contribution in [3.63, 3.8) is 0 Å². The standard InChI is InChI=1S/C14H24O/c1-13(2)7-10-9-5-4-6-14(3,12(9)15)11(10)8-13/h9-12,15H,4-8H2,1-3H3/t9-,10-,11-,12?,14-/m0/s1. The predicted molar refractivity (Wildman–Crippen MR) is 61.4 cm³/mol. The van der Waals surface area contributed by atoms with Crippen LogP contribution in [-0.4, -0.2) is 11.2 Å². The van der Waals surface area contributed by atoms with Crippen molar-refractivity contribution >= 4 is 0 Å². The van der Waals surface area contributed by atoms with Crippen LogP contribution in [0, 0.1) is 28.6 Å². The van der Waals surface area contributed by atoms with Gasteiger partial charge < -0.3 is 5.11 Å². The van der Waals surface area contributed by atoms with E-state index in [2.05, 4.69) is 20.8 Å². The van der Waals surface area contributed by atoms with E-state index in [0.717, 1.165) is 11.8 Å². The number of rotatable bonds is 0. The van der Waals surface area contributed by atoms with Crippen molar-refractivity contribution in [3.8, 4) is 0 Å². The second-order valence-corrected chi connectivity index (χ2v) is 7.35. The molecular weight excluding hydrogens is 184 g/mol. The van der Waals surface area contributed by atoms with Crippen LogP contribution in [0.5, 0.6) is 0 Å². The van der Waals surface area contributed by atoms with E-state index >= 15 is 0 Å². The lowest BCUT2D eigenvalue weighted by Gasteiger charge is -2.39. The van der Waals surface area contributed by atoms with Crippen LogP contribution in [0.2, 0.25) is 0 Å². The first-order chi connectivity index (χ1) is 6.94. The van der Waals surface area contributed by atoms with E-state index in [-0.39, 0.29) is 11.5 Å². The summed E-state index contributed by atoms with van der Waals surface area (Å²) in [4.78, 5) is 0. The SMILES string of the molecule is CC1(C)C[C@H]2[C@@H]3CCC[C@](C)(C3O)[C@H]2C1. The summed E-state index contributed by atoms with van der Waals surface area (Å²) >= 11 is 0. The Balaban J connectivity index is 1.97. The molecule has 0 spiro atoms. The van der Waals surface area contributed by atoms with Gasteiger partial charge in [0.2, 0.25) is 0 Å². The van der Waals surface area contributed by atoms with E-state index < -0.39 is 0 Å². The number of hydrogen-bond donors (Lipinski definition) is 1. The summed E-state index contributed by atoms with van der Waals surface area (Å²) in [6.07, 6.45) is 6.62. The normalized spacial score (nSPS) is 56.8. The average Bonchev–Trinajstić information content (AvgIpc) is 2.49. The van der Waals surface area contributed by atoms with Crippen molar-refractivity contribution in [1.82, 2.24) is 0 Å². The summed E-state index contributed by atoms with van der Waals surface area (Å²) in [5.74, 6) is 2.29. The van der Waals surface area contributed by atoms with Gasteiger partial charge in [-0.3, -0.25) is 0 Å². The van der Waals surface area contributed by atoms with E-state index in [9.17, 15) is 5.11 Å². The van der Waals surface area contributed by atoms with Gasteiger partial charge in [-0.1, -0.05) is 27.2 Å². The van der Waals surface area contributed by atoms with Gasteiger partial charge in [-0.05, 0) is 54.3 Å². The summed E-state index contributed by atoms with van der Waals surface area (Å²) in [6, 6.07) is 0. The molecule has 0 aromatic rings. The lowest BCUT2D eigenvalue weighted by molar-refractivity contribution is -0.0226. The molecule has 5 atom stereocenters. The molecule has 0 aromatic heterocycles. The zero-order valence-corrected chi connectivity index (χ0v) is 10.3. The molecular formula is C14H24O. The van der Waals surface area contributed by atoms with Gasteiger partial charge in [-0.15, -0.1) is 0 Å². The smallest absolute Gasteiger partial charge is 0.0627 e. The van der Waals surface area contributed by atoms with Gasteiger partial charge in [0, 0.05) is 0 Å². The van der Waals surface area contributed by atoms with E-state index in [4.69, 9.17) is 0 Å². The number of aliphatic hydroxyl groups excluding tert-OH is 1. The molecule has 3 rings (SSSR count). The second kappa shape index (κ2) is 2.80. The third-order valence-corrected chi connectivity index (χ3v) is 5.81. The van der Waals surface area contributed by atoms with Crippen molar-refractivity contribution in [1.29, 1.82) is 0 Å². The van der Waals surface area contributed by atoms with Crippen molar-refractivity contribution in [3.05, 3.63) is 0 Å². The predicted octanol–water partition coefficient (Wildman–Crippen LogP) is 3.22. The molecule has 2 bridgehead atoms. The molecule has 0 radical (unpaired) electrons. The van der Waals surface area contributed by atoms with Crippen LogP contribution < -0.4 is 0 Å². The quantitative estimate of drug-likeness (QED) is 0.648. The maximum Gasteiger partial charge on any atom is 0.0627 e. The fourth-order valence-corrected chi connectivity index (χ4v) is 5.15. The Morgan fingerprint density at radius 3 is 2.53 bits per heavy atom. The summed E-state index contributed by atoms with van der Waals surface area (Å²) < 4.78 is 0. The van der Waals surface area contributed by atoms with Crippen molar-refractivity contribution in [2.24, 2.45) is 28.6 Å². The Kier molecular flexibility index (Phi) is 1.89. The molecule has 1 heteroatoms. The largest absolute Gasteiger partial charge is 0.392 e. The maximum absolute atomic E-state index is 10.4. The van der Waals surface area contributed by atoms with Crippen molar-refractivity contribution in [2.75, 3.05) is 0 Å². The highest BCUT2D eigenvalue weighted by molar-refractivity contribution is 5.11. The molecule has 3 aliphatic carbocycles. The Labute approximate surface area is 93.3 Å². The fraction of sp³-hybridized carbons (Fsp3) is 1.00. The van der Waals surface area contributed by atoms with Gasteiger partial charge in [-0.25, -0.2) is 0 Å². The summed E-state index contributed by atoms with van der Waals surface area (Å²) in [5, 5.41) is 10.4. The minimum absolute atomic E-state index is 0.0114. The zero-order valence-electron chi connectivity index (χ0n) is 10.3. The van der Waals surface area contributed by atoms with Crippen LogP contribution >= 0.6 is 0 Å². The van der Waals surface area contributed by atoms with Crippen LogP contribution in [0.3, 0.4) is 0 Å². The average molecular weight is 208 g/mol. The molecule has 15 heavy (non-hydrogen) atoms. The molecule has 86 valence electrons. The second-order valence-electron chi connectivity index (χ2n) is 7.35. The lowest BCUT2D eigenvalue weighted by atomic mass is 9.68. The maximum atomic E-state index is 10.4. The molecule has 0 heterocycles. The van der Waals surface area contributed by atoms with Gasteiger partial charge in [-0.2, -0.15) is 0 Å². The van der Waals surface area contributed by atoms with Crippen LogP contribution in [0.15, 0.2) is 0 Å². The summed E-state index contributed by atoms with van der Waals surface area (Å²) in [7, 11) is 0. The molecule has 3 saturated carbocycles. The monoisotopic (exact) mass is 208 g/mol. The molecule has 3 aliphatic rings. The van der Waals surface area contributed by atoms with Gasteiger partial charge in [0.15, 0.2) is 0 Å². The minimum atomic E-state index is 0.0114. The molecule has 0 aromatic carbocycles. The zero-order chi connectivity index (χ0) is 10.8. The third-order valence-electron chi connectivity index (χ3n) is 5.81. The molecule has 0 aliphatic heterocycles. The first kappa shape index (κ1) is 10.1. The molecule has 1 N–H and O–H groups in total.